The average Bonchev–Trinajstić information content (AvgIpc) is 2.48. The number of halogens is 1. The second kappa shape index (κ2) is 8.01. The Morgan fingerprint density at radius 3 is 2.55 bits per heavy atom. The van der Waals surface area contributed by atoms with Gasteiger partial charge in [-0.3, -0.25) is 0 Å². The molecule has 2 aromatic carbocycles. The summed E-state index contributed by atoms with van der Waals surface area (Å²) in [6.07, 6.45) is 0.513. The van der Waals surface area contributed by atoms with Gasteiger partial charge in [0, 0.05) is 27.7 Å². The zero-order chi connectivity index (χ0) is 14.2. The highest BCUT2D eigenvalue weighted by Crippen LogP contribution is 2.25. The molecule has 20 heavy (non-hydrogen) atoms. The third-order valence-electron chi connectivity index (χ3n) is 2.69. The fourth-order valence-corrected chi connectivity index (χ4v) is 2.70. The molecule has 0 fully saturated rings. The predicted molar refractivity (Wildman–Crippen MR) is 86.0 cm³/mol. The van der Waals surface area contributed by atoms with E-state index in [1.807, 2.05) is 42.5 Å². The molecule has 0 unspecified atom stereocenters. The van der Waals surface area contributed by atoms with Crippen molar-refractivity contribution in [2.45, 2.75) is 17.1 Å². The van der Waals surface area contributed by atoms with Gasteiger partial charge in [0.25, 0.3) is 0 Å². The molecule has 3 heteroatoms. The highest BCUT2D eigenvalue weighted by Gasteiger charge is 2.01. The smallest absolute Gasteiger partial charge is 0.0540 e. The molecule has 0 bridgehead atoms. The van der Waals surface area contributed by atoms with Crippen LogP contribution in [0.15, 0.2) is 53.4 Å². The van der Waals surface area contributed by atoms with Crippen LogP contribution in [-0.2, 0) is 5.75 Å². The Morgan fingerprint density at radius 1 is 1.05 bits per heavy atom. The molecule has 0 heterocycles. The Bertz CT molecular complexity index is 611. The number of benzene rings is 2. The Kier molecular flexibility index (Phi) is 6.01. The van der Waals surface area contributed by atoms with Crippen LogP contribution in [0, 0.1) is 11.8 Å². The molecule has 0 atom stereocenters. The van der Waals surface area contributed by atoms with Crippen LogP contribution in [0.3, 0.4) is 0 Å². The standard InChI is InChI=1S/C17H15ClOS/c18-16-8-10-17(11-9-16)20-13-15-7-2-1-5-14(15)6-3-4-12-19/h1-2,5,7-11,19H,4,12-13H2. The van der Waals surface area contributed by atoms with E-state index in [2.05, 4.69) is 17.9 Å². The van der Waals surface area contributed by atoms with E-state index in [1.54, 1.807) is 11.8 Å². The van der Waals surface area contributed by atoms with Crippen LogP contribution in [0.5, 0.6) is 0 Å². The summed E-state index contributed by atoms with van der Waals surface area (Å²) in [5.41, 5.74) is 2.24. The number of hydrogen-bond acceptors (Lipinski definition) is 2. The molecule has 0 aliphatic rings. The van der Waals surface area contributed by atoms with Gasteiger partial charge in [0.05, 0.1) is 6.61 Å². The van der Waals surface area contributed by atoms with Gasteiger partial charge in [-0.15, -0.1) is 11.8 Å². The lowest BCUT2D eigenvalue weighted by Gasteiger charge is -2.05. The summed E-state index contributed by atoms with van der Waals surface area (Å²) in [5, 5.41) is 9.52. The molecule has 0 aromatic heterocycles. The van der Waals surface area contributed by atoms with Gasteiger partial charge >= 0.3 is 0 Å². The van der Waals surface area contributed by atoms with Crippen LogP contribution in [0.1, 0.15) is 17.5 Å². The van der Waals surface area contributed by atoms with Crippen molar-refractivity contribution in [3.05, 3.63) is 64.7 Å². The van der Waals surface area contributed by atoms with E-state index in [-0.39, 0.29) is 6.61 Å². The number of thioether (sulfide) groups is 1. The summed E-state index contributed by atoms with van der Waals surface area (Å²) in [6, 6.07) is 16.0. The average molecular weight is 303 g/mol. The van der Waals surface area contributed by atoms with Gasteiger partial charge in [-0.25, -0.2) is 0 Å². The van der Waals surface area contributed by atoms with Gasteiger partial charge < -0.3 is 5.11 Å². The van der Waals surface area contributed by atoms with E-state index in [9.17, 15) is 0 Å². The molecule has 2 rings (SSSR count). The van der Waals surface area contributed by atoms with Crippen molar-refractivity contribution in [3.63, 3.8) is 0 Å². The minimum Gasteiger partial charge on any atom is -0.395 e. The topological polar surface area (TPSA) is 20.2 Å². The quantitative estimate of drug-likeness (QED) is 0.668. The molecule has 0 saturated heterocycles. The summed E-state index contributed by atoms with van der Waals surface area (Å²) >= 11 is 7.64. The first-order valence-electron chi connectivity index (χ1n) is 6.35. The number of aliphatic hydroxyl groups excluding tert-OH is 1. The zero-order valence-corrected chi connectivity index (χ0v) is 12.5. The van der Waals surface area contributed by atoms with E-state index >= 15 is 0 Å². The van der Waals surface area contributed by atoms with E-state index < -0.39 is 0 Å². The molecule has 0 saturated carbocycles. The van der Waals surface area contributed by atoms with Crippen molar-refractivity contribution in [2.24, 2.45) is 0 Å². The van der Waals surface area contributed by atoms with Gasteiger partial charge in [0.1, 0.15) is 0 Å². The summed E-state index contributed by atoms with van der Waals surface area (Å²) in [6.45, 7) is 0.106. The van der Waals surface area contributed by atoms with Crippen LogP contribution in [0.2, 0.25) is 5.02 Å². The van der Waals surface area contributed by atoms with Crippen LogP contribution in [0.4, 0.5) is 0 Å². The number of aliphatic hydroxyl groups is 1. The Morgan fingerprint density at radius 2 is 1.80 bits per heavy atom. The highest BCUT2D eigenvalue weighted by atomic mass is 35.5. The monoisotopic (exact) mass is 302 g/mol. The van der Waals surface area contributed by atoms with Crippen molar-refractivity contribution in [1.29, 1.82) is 0 Å². The van der Waals surface area contributed by atoms with E-state index in [0.29, 0.717) is 6.42 Å². The van der Waals surface area contributed by atoms with Crippen LogP contribution in [-0.4, -0.2) is 11.7 Å². The number of rotatable bonds is 4. The lowest BCUT2D eigenvalue weighted by Crippen LogP contribution is -1.87. The van der Waals surface area contributed by atoms with Gasteiger partial charge in [-0.05, 0) is 35.9 Å². The van der Waals surface area contributed by atoms with Crippen molar-refractivity contribution in [1.82, 2.24) is 0 Å². The Hall–Kier alpha value is -1.40. The first-order valence-corrected chi connectivity index (χ1v) is 7.72. The van der Waals surface area contributed by atoms with Gasteiger partial charge in [-0.2, -0.15) is 0 Å². The van der Waals surface area contributed by atoms with E-state index in [4.69, 9.17) is 16.7 Å². The second-order valence-corrected chi connectivity index (χ2v) is 5.66. The van der Waals surface area contributed by atoms with Crippen molar-refractivity contribution < 1.29 is 5.11 Å². The molecule has 0 spiro atoms. The molecule has 0 amide bonds. The third kappa shape index (κ3) is 4.61. The minimum absolute atomic E-state index is 0.106. The van der Waals surface area contributed by atoms with Gasteiger partial charge in [-0.1, -0.05) is 41.6 Å². The Balaban J connectivity index is 2.06. The minimum atomic E-state index is 0.106. The SMILES string of the molecule is OCCC#Cc1ccccc1CSc1ccc(Cl)cc1. The van der Waals surface area contributed by atoms with Crippen molar-refractivity contribution >= 4 is 23.4 Å². The van der Waals surface area contributed by atoms with Gasteiger partial charge in [0.2, 0.25) is 0 Å². The molecular weight excluding hydrogens is 288 g/mol. The maximum absolute atomic E-state index is 8.77. The number of hydrogen-bond donors (Lipinski definition) is 1. The largest absolute Gasteiger partial charge is 0.395 e. The summed E-state index contributed by atoms with van der Waals surface area (Å²) < 4.78 is 0. The summed E-state index contributed by atoms with van der Waals surface area (Å²) in [5.74, 6) is 6.95. The first kappa shape index (κ1) is 15.0. The lowest BCUT2D eigenvalue weighted by atomic mass is 10.1. The Labute approximate surface area is 129 Å². The van der Waals surface area contributed by atoms with E-state index in [0.717, 1.165) is 16.3 Å². The van der Waals surface area contributed by atoms with Crippen LogP contribution < -0.4 is 0 Å². The maximum atomic E-state index is 8.77. The molecule has 2 aromatic rings. The van der Waals surface area contributed by atoms with Crippen LogP contribution in [0.25, 0.3) is 0 Å². The molecular formula is C17H15ClOS. The fourth-order valence-electron chi connectivity index (χ4n) is 1.67. The lowest BCUT2D eigenvalue weighted by molar-refractivity contribution is 0.305. The predicted octanol–water partition coefficient (Wildman–Crippen LogP) is 4.37. The van der Waals surface area contributed by atoms with Crippen LogP contribution >= 0.6 is 23.4 Å². The van der Waals surface area contributed by atoms with Crippen molar-refractivity contribution in [2.75, 3.05) is 6.61 Å². The molecule has 102 valence electrons. The molecule has 1 N–H and O–H groups in total. The molecule has 0 aliphatic heterocycles. The third-order valence-corrected chi connectivity index (χ3v) is 4.00. The zero-order valence-electron chi connectivity index (χ0n) is 11.0. The summed E-state index contributed by atoms with van der Waals surface area (Å²) in [7, 11) is 0. The van der Waals surface area contributed by atoms with E-state index in [1.165, 1.54) is 10.5 Å². The maximum Gasteiger partial charge on any atom is 0.0540 e. The molecule has 1 nitrogen and oxygen atoms in total. The normalized spacial score (nSPS) is 9.90. The molecule has 0 aliphatic carbocycles. The van der Waals surface area contributed by atoms with Crippen molar-refractivity contribution in [3.8, 4) is 11.8 Å². The summed E-state index contributed by atoms with van der Waals surface area (Å²) in [4.78, 5) is 1.19. The molecule has 0 radical (unpaired) electrons. The fraction of sp³-hybridized carbons (Fsp3) is 0.176. The second-order valence-electron chi connectivity index (χ2n) is 4.18. The highest BCUT2D eigenvalue weighted by molar-refractivity contribution is 7.98. The van der Waals surface area contributed by atoms with Gasteiger partial charge in [0.15, 0.2) is 0 Å². The first-order chi connectivity index (χ1) is 9.79.